The standard InChI is InChI=1S/C25H32N2O7/c1-27(16-23-33-10-11-34-23)25(29)19(12-17-8-6-5-7-9-17)26-22(28)15-18-13-20(30-2)24(32-4)21(14-18)31-3/h5-9,13-14,19,23H,10-12,15-16H2,1-4H3,(H,26,28)/t19-/m0/s1. The minimum absolute atomic E-state index is 0.0356. The van der Waals surface area contributed by atoms with Gasteiger partial charge in [0, 0.05) is 13.5 Å². The molecule has 1 heterocycles. The van der Waals surface area contributed by atoms with Crippen molar-refractivity contribution in [1.29, 1.82) is 0 Å². The number of ether oxygens (including phenoxy) is 5. The predicted molar refractivity (Wildman–Crippen MR) is 125 cm³/mol. The molecular weight excluding hydrogens is 440 g/mol. The molecule has 1 aliphatic heterocycles. The smallest absolute Gasteiger partial charge is 0.245 e. The summed E-state index contributed by atoms with van der Waals surface area (Å²) in [5.41, 5.74) is 1.61. The fraction of sp³-hybridized carbons (Fsp3) is 0.440. The molecule has 0 aliphatic carbocycles. The van der Waals surface area contributed by atoms with Gasteiger partial charge in [0.15, 0.2) is 17.8 Å². The number of carbonyl (C=O) groups excluding carboxylic acids is 2. The summed E-state index contributed by atoms with van der Waals surface area (Å²) in [7, 11) is 6.23. The molecular formula is C25H32N2O7. The van der Waals surface area contributed by atoms with Crippen molar-refractivity contribution in [2.45, 2.75) is 25.2 Å². The average Bonchev–Trinajstić information content (AvgIpc) is 3.36. The lowest BCUT2D eigenvalue weighted by molar-refractivity contribution is -0.139. The van der Waals surface area contributed by atoms with Crippen molar-refractivity contribution in [1.82, 2.24) is 10.2 Å². The van der Waals surface area contributed by atoms with Gasteiger partial charge in [-0.1, -0.05) is 30.3 Å². The van der Waals surface area contributed by atoms with Crippen LogP contribution in [0.3, 0.4) is 0 Å². The summed E-state index contributed by atoms with van der Waals surface area (Å²) >= 11 is 0. The summed E-state index contributed by atoms with van der Waals surface area (Å²) in [6.07, 6.45) is -0.0631. The Balaban J connectivity index is 1.74. The van der Waals surface area contributed by atoms with Crippen LogP contribution in [0.25, 0.3) is 0 Å². The molecule has 0 spiro atoms. The number of amides is 2. The van der Waals surface area contributed by atoms with E-state index in [1.54, 1.807) is 19.2 Å². The van der Waals surface area contributed by atoms with Gasteiger partial charge < -0.3 is 33.9 Å². The minimum Gasteiger partial charge on any atom is -0.493 e. The Bertz CT molecular complexity index is 936. The van der Waals surface area contributed by atoms with E-state index in [1.807, 2.05) is 30.3 Å². The van der Waals surface area contributed by atoms with Gasteiger partial charge in [-0.3, -0.25) is 9.59 Å². The summed E-state index contributed by atoms with van der Waals surface area (Å²) in [6.45, 7) is 1.30. The van der Waals surface area contributed by atoms with Crippen LogP contribution >= 0.6 is 0 Å². The Kier molecular flexibility index (Phi) is 9.12. The Morgan fingerprint density at radius 3 is 2.18 bits per heavy atom. The number of hydrogen-bond acceptors (Lipinski definition) is 7. The molecule has 0 radical (unpaired) electrons. The van der Waals surface area contributed by atoms with E-state index in [2.05, 4.69) is 5.32 Å². The van der Waals surface area contributed by atoms with Gasteiger partial charge in [-0.15, -0.1) is 0 Å². The third kappa shape index (κ3) is 6.61. The van der Waals surface area contributed by atoms with Crippen LogP contribution in [0, 0.1) is 0 Å². The molecule has 0 bridgehead atoms. The van der Waals surface area contributed by atoms with Crippen molar-refractivity contribution in [2.75, 3.05) is 48.1 Å². The summed E-state index contributed by atoms with van der Waals surface area (Å²) in [5, 5.41) is 2.90. The quantitative estimate of drug-likeness (QED) is 0.533. The molecule has 0 saturated carbocycles. The second-order valence-corrected chi connectivity index (χ2v) is 7.91. The van der Waals surface area contributed by atoms with Crippen LogP contribution in [0.4, 0.5) is 0 Å². The van der Waals surface area contributed by atoms with Crippen LogP contribution in [0.1, 0.15) is 11.1 Å². The maximum Gasteiger partial charge on any atom is 0.245 e. The molecule has 1 aliphatic rings. The molecule has 2 aromatic carbocycles. The molecule has 2 amide bonds. The number of likely N-dealkylation sites (N-methyl/N-ethyl adjacent to an activating group) is 1. The zero-order valence-corrected chi connectivity index (χ0v) is 20.0. The SMILES string of the molecule is COc1cc(CC(=O)N[C@@H](Cc2ccccc2)C(=O)N(C)CC2OCCO2)cc(OC)c1OC. The van der Waals surface area contributed by atoms with Gasteiger partial charge in [-0.2, -0.15) is 0 Å². The van der Waals surface area contributed by atoms with Gasteiger partial charge in [-0.05, 0) is 23.3 Å². The lowest BCUT2D eigenvalue weighted by atomic mass is 10.0. The Hall–Kier alpha value is -3.30. The van der Waals surface area contributed by atoms with Crippen molar-refractivity contribution >= 4 is 11.8 Å². The van der Waals surface area contributed by atoms with E-state index in [1.165, 1.54) is 26.2 Å². The first-order chi connectivity index (χ1) is 16.4. The number of methoxy groups -OCH3 is 3. The fourth-order valence-electron chi connectivity index (χ4n) is 3.81. The Morgan fingerprint density at radius 2 is 1.62 bits per heavy atom. The van der Waals surface area contributed by atoms with Crippen molar-refractivity contribution in [3.8, 4) is 17.2 Å². The number of hydrogen-bond donors (Lipinski definition) is 1. The second kappa shape index (κ2) is 12.2. The van der Waals surface area contributed by atoms with Crippen LogP contribution < -0.4 is 19.5 Å². The zero-order valence-electron chi connectivity index (χ0n) is 20.0. The van der Waals surface area contributed by atoms with E-state index < -0.39 is 12.3 Å². The molecule has 184 valence electrons. The minimum atomic E-state index is -0.747. The molecule has 2 aromatic rings. The third-order valence-corrected chi connectivity index (χ3v) is 5.50. The summed E-state index contributed by atoms with van der Waals surface area (Å²) in [6, 6.07) is 12.2. The molecule has 34 heavy (non-hydrogen) atoms. The second-order valence-electron chi connectivity index (χ2n) is 7.91. The maximum atomic E-state index is 13.3. The molecule has 0 aromatic heterocycles. The normalized spacial score (nSPS) is 14.4. The number of carbonyl (C=O) groups is 2. The molecule has 1 N–H and O–H groups in total. The molecule has 1 saturated heterocycles. The lowest BCUT2D eigenvalue weighted by Gasteiger charge is -2.26. The van der Waals surface area contributed by atoms with Gasteiger partial charge in [0.2, 0.25) is 17.6 Å². The highest BCUT2D eigenvalue weighted by Crippen LogP contribution is 2.38. The first-order valence-corrected chi connectivity index (χ1v) is 11.1. The average molecular weight is 473 g/mol. The zero-order chi connectivity index (χ0) is 24.5. The number of rotatable bonds is 11. The Labute approximate surface area is 199 Å². The van der Waals surface area contributed by atoms with Crippen LogP contribution in [-0.2, 0) is 31.9 Å². The van der Waals surface area contributed by atoms with Gasteiger partial charge in [0.05, 0.1) is 47.5 Å². The highest BCUT2D eigenvalue weighted by Gasteiger charge is 2.28. The van der Waals surface area contributed by atoms with E-state index in [9.17, 15) is 9.59 Å². The van der Waals surface area contributed by atoms with Crippen LogP contribution in [0.5, 0.6) is 17.2 Å². The topological polar surface area (TPSA) is 95.6 Å². The third-order valence-electron chi connectivity index (χ3n) is 5.50. The van der Waals surface area contributed by atoms with E-state index in [-0.39, 0.29) is 24.8 Å². The van der Waals surface area contributed by atoms with Crippen molar-refractivity contribution < 1.29 is 33.3 Å². The van der Waals surface area contributed by atoms with Crippen LogP contribution in [0.15, 0.2) is 42.5 Å². The molecule has 3 rings (SSSR count). The lowest BCUT2D eigenvalue weighted by Crippen LogP contribution is -2.50. The molecule has 1 fully saturated rings. The number of nitrogens with zero attached hydrogens (tertiary/aromatic N) is 1. The summed E-state index contributed by atoms with van der Waals surface area (Å²) in [4.78, 5) is 27.8. The number of nitrogens with one attached hydrogen (secondary N) is 1. The highest BCUT2D eigenvalue weighted by molar-refractivity contribution is 5.88. The van der Waals surface area contributed by atoms with Crippen LogP contribution in [-0.4, -0.2) is 77.2 Å². The molecule has 9 heteroatoms. The molecule has 1 atom stereocenters. The van der Waals surface area contributed by atoms with E-state index in [0.717, 1.165) is 5.56 Å². The van der Waals surface area contributed by atoms with Crippen LogP contribution in [0.2, 0.25) is 0 Å². The van der Waals surface area contributed by atoms with Crippen molar-refractivity contribution in [3.63, 3.8) is 0 Å². The molecule has 0 unspecified atom stereocenters. The molecule has 9 nitrogen and oxygen atoms in total. The van der Waals surface area contributed by atoms with E-state index >= 15 is 0 Å². The maximum absolute atomic E-state index is 13.3. The monoisotopic (exact) mass is 472 g/mol. The number of benzene rings is 2. The largest absolute Gasteiger partial charge is 0.493 e. The summed E-state index contributed by atoms with van der Waals surface area (Å²) < 4.78 is 27.0. The Morgan fingerprint density at radius 1 is 1.00 bits per heavy atom. The fourth-order valence-corrected chi connectivity index (χ4v) is 3.81. The van der Waals surface area contributed by atoms with Gasteiger partial charge >= 0.3 is 0 Å². The van der Waals surface area contributed by atoms with E-state index in [4.69, 9.17) is 23.7 Å². The summed E-state index contributed by atoms with van der Waals surface area (Å²) in [5.74, 6) is 0.839. The van der Waals surface area contributed by atoms with Gasteiger partial charge in [0.25, 0.3) is 0 Å². The predicted octanol–water partition coefficient (Wildman–Crippen LogP) is 1.81. The van der Waals surface area contributed by atoms with E-state index in [0.29, 0.717) is 42.4 Å². The first kappa shape index (κ1) is 25.3. The van der Waals surface area contributed by atoms with Gasteiger partial charge in [0.1, 0.15) is 6.04 Å². The van der Waals surface area contributed by atoms with Gasteiger partial charge in [-0.25, -0.2) is 0 Å². The highest BCUT2D eigenvalue weighted by atomic mass is 16.7. The van der Waals surface area contributed by atoms with Crippen molar-refractivity contribution in [3.05, 3.63) is 53.6 Å². The van der Waals surface area contributed by atoms with Crippen molar-refractivity contribution in [2.24, 2.45) is 0 Å². The first-order valence-electron chi connectivity index (χ1n) is 11.1.